The monoisotopic (exact) mass is 504 g/mol. The maximum atomic E-state index is 12.9. The molecule has 0 radical (unpaired) electrons. The number of hydrogen-bond donors (Lipinski definition) is 2. The summed E-state index contributed by atoms with van der Waals surface area (Å²) in [5, 5.41) is 13.7. The standard InChI is InChI=1S/C25H40N6O5/c1-14(2)21-23(34)26-11-20(33)36-22(18-12-31(29-28-18)13-25(6,7)8)16(4)15(3)10-19(32)27-17(5)24(35)30(21)9/h12,14,16-17,21-22H,3,10-11,13H2,1-2,4-9H3,(H,26,34)(H,27,32)/t16-,17+,21?,22?/m1/s1. The number of nitrogens with zero attached hydrogens (tertiary/aromatic N) is 4. The molecule has 2 rings (SSSR count). The van der Waals surface area contributed by atoms with Gasteiger partial charge in [-0.15, -0.1) is 5.10 Å². The Morgan fingerprint density at radius 2 is 1.83 bits per heavy atom. The van der Waals surface area contributed by atoms with Gasteiger partial charge in [0.25, 0.3) is 0 Å². The van der Waals surface area contributed by atoms with Crippen molar-refractivity contribution in [2.24, 2.45) is 17.3 Å². The smallest absolute Gasteiger partial charge is 0.326 e. The summed E-state index contributed by atoms with van der Waals surface area (Å²) < 4.78 is 7.42. The average molecular weight is 505 g/mol. The van der Waals surface area contributed by atoms with Gasteiger partial charge in [0.2, 0.25) is 17.7 Å². The summed E-state index contributed by atoms with van der Waals surface area (Å²) in [5.74, 6) is -2.71. The van der Waals surface area contributed by atoms with Crippen LogP contribution in [0.25, 0.3) is 0 Å². The Labute approximate surface area is 213 Å². The Kier molecular flexibility index (Phi) is 9.39. The number of aromatic nitrogens is 3. The van der Waals surface area contributed by atoms with Crippen LogP contribution in [0.3, 0.4) is 0 Å². The van der Waals surface area contributed by atoms with E-state index in [0.29, 0.717) is 17.8 Å². The lowest BCUT2D eigenvalue weighted by molar-refractivity contribution is -0.152. The van der Waals surface area contributed by atoms with Gasteiger partial charge in [-0.25, -0.2) is 0 Å². The number of ether oxygens (including phenoxy) is 1. The first kappa shape index (κ1) is 29.0. The van der Waals surface area contributed by atoms with Crippen molar-refractivity contribution in [3.05, 3.63) is 24.0 Å². The highest BCUT2D eigenvalue weighted by molar-refractivity contribution is 5.93. The van der Waals surface area contributed by atoms with Crippen molar-refractivity contribution in [1.82, 2.24) is 30.5 Å². The van der Waals surface area contributed by atoms with Crippen molar-refractivity contribution in [2.75, 3.05) is 13.6 Å². The minimum atomic E-state index is -0.865. The fourth-order valence-electron chi connectivity index (χ4n) is 4.18. The van der Waals surface area contributed by atoms with Crippen molar-refractivity contribution in [3.8, 4) is 0 Å². The zero-order valence-electron chi connectivity index (χ0n) is 22.6. The number of carbonyl (C=O) groups excluding carboxylic acids is 4. The summed E-state index contributed by atoms with van der Waals surface area (Å²) >= 11 is 0. The molecule has 1 aliphatic rings. The van der Waals surface area contributed by atoms with E-state index >= 15 is 0 Å². The Morgan fingerprint density at radius 1 is 1.19 bits per heavy atom. The number of esters is 1. The molecular formula is C25H40N6O5. The van der Waals surface area contributed by atoms with Crippen LogP contribution in [0.1, 0.15) is 66.7 Å². The van der Waals surface area contributed by atoms with Crippen LogP contribution < -0.4 is 10.6 Å². The van der Waals surface area contributed by atoms with Crippen LogP contribution in [0.2, 0.25) is 0 Å². The van der Waals surface area contributed by atoms with Gasteiger partial charge in [0.15, 0.2) is 6.10 Å². The van der Waals surface area contributed by atoms with Gasteiger partial charge in [-0.3, -0.25) is 23.9 Å². The van der Waals surface area contributed by atoms with Gasteiger partial charge in [-0.1, -0.05) is 58.9 Å². The van der Waals surface area contributed by atoms with Crippen LogP contribution in [-0.4, -0.2) is 69.3 Å². The zero-order valence-corrected chi connectivity index (χ0v) is 22.6. The molecule has 4 atom stereocenters. The van der Waals surface area contributed by atoms with Crippen LogP contribution in [0.4, 0.5) is 0 Å². The number of hydrogen-bond acceptors (Lipinski definition) is 7. The predicted molar refractivity (Wildman–Crippen MR) is 133 cm³/mol. The minimum absolute atomic E-state index is 0.0464. The van der Waals surface area contributed by atoms with E-state index in [4.69, 9.17) is 4.74 Å². The summed E-state index contributed by atoms with van der Waals surface area (Å²) in [4.78, 5) is 52.7. The quantitative estimate of drug-likeness (QED) is 0.471. The molecule has 1 saturated heterocycles. The Bertz CT molecular complexity index is 995. The second-order valence-corrected chi connectivity index (χ2v) is 11.1. The molecule has 3 amide bonds. The summed E-state index contributed by atoms with van der Waals surface area (Å²) in [6, 6.07) is -1.69. The Hall–Kier alpha value is -3.24. The fraction of sp³-hybridized carbons (Fsp3) is 0.680. The topological polar surface area (TPSA) is 136 Å². The third-order valence-corrected chi connectivity index (χ3v) is 6.05. The van der Waals surface area contributed by atoms with Gasteiger partial charge in [-0.05, 0) is 18.3 Å². The van der Waals surface area contributed by atoms with Crippen LogP contribution in [0, 0.1) is 17.3 Å². The number of nitrogens with one attached hydrogen (secondary N) is 2. The minimum Gasteiger partial charge on any atom is -0.454 e. The van der Waals surface area contributed by atoms with E-state index in [1.807, 2.05) is 0 Å². The van der Waals surface area contributed by atoms with Gasteiger partial charge in [-0.2, -0.15) is 0 Å². The van der Waals surface area contributed by atoms with Gasteiger partial charge in [0.05, 0.1) is 6.20 Å². The first-order valence-corrected chi connectivity index (χ1v) is 12.2. The molecule has 1 aromatic heterocycles. The van der Waals surface area contributed by atoms with Gasteiger partial charge in [0.1, 0.15) is 24.3 Å². The van der Waals surface area contributed by atoms with Crippen LogP contribution in [-0.2, 0) is 30.5 Å². The van der Waals surface area contributed by atoms with Crippen LogP contribution >= 0.6 is 0 Å². The highest BCUT2D eigenvalue weighted by atomic mass is 16.5. The second-order valence-electron chi connectivity index (χ2n) is 11.1. The molecule has 2 unspecified atom stereocenters. The predicted octanol–water partition coefficient (Wildman–Crippen LogP) is 1.61. The first-order valence-electron chi connectivity index (χ1n) is 12.2. The largest absolute Gasteiger partial charge is 0.454 e. The van der Waals surface area contributed by atoms with Crippen molar-refractivity contribution in [2.45, 2.75) is 79.6 Å². The van der Waals surface area contributed by atoms with Crippen molar-refractivity contribution in [3.63, 3.8) is 0 Å². The molecule has 0 spiro atoms. The molecule has 2 heterocycles. The molecule has 0 saturated carbocycles. The summed E-state index contributed by atoms with van der Waals surface area (Å²) in [6.45, 7) is 17.4. The fourth-order valence-corrected chi connectivity index (χ4v) is 4.18. The van der Waals surface area contributed by atoms with E-state index in [2.05, 4.69) is 48.3 Å². The summed E-state index contributed by atoms with van der Waals surface area (Å²) in [5.41, 5.74) is 0.873. The van der Waals surface area contributed by atoms with Crippen molar-refractivity contribution < 1.29 is 23.9 Å². The van der Waals surface area contributed by atoms with E-state index in [-0.39, 0.29) is 24.3 Å². The number of cyclic esters (lactones) is 1. The van der Waals surface area contributed by atoms with Gasteiger partial charge >= 0.3 is 5.97 Å². The average Bonchev–Trinajstić information content (AvgIpc) is 3.20. The molecule has 2 N–H and O–H groups in total. The van der Waals surface area contributed by atoms with E-state index in [9.17, 15) is 19.2 Å². The first-order chi connectivity index (χ1) is 16.6. The number of likely N-dealkylation sites (N-methyl/N-ethyl adjacent to an activating group) is 1. The molecule has 1 aliphatic heterocycles. The maximum Gasteiger partial charge on any atom is 0.326 e. The van der Waals surface area contributed by atoms with E-state index in [1.165, 1.54) is 11.9 Å². The Morgan fingerprint density at radius 3 is 2.42 bits per heavy atom. The molecule has 200 valence electrons. The second kappa shape index (κ2) is 11.7. The molecule has 11 heteroatoms. The van der Waals surface area contributed by atoms with Crippen molar-refractivity contribution >= 4 is 23.7 Å². The molecular weight excluding hydrogens is 464 g/mol. The van der Waals surface area contributed by atoms with Gasteiger partial charge in [0, 0.05) is 25.9 Å². The number of carbonyl (C=O) groups is 4. The maximum absolute atomic E-state index is 12.9. The lowest BCUT2D eigenvalue weighted by Crippen LogP contribution is -2.55. The van der Waals surface area contributed by atoms with Crippen LogP contribution in [0.5, 0.6) is 0 Å². The van der Waals surface area contributed by atoms with E-state index in [0.717, 1.165) is 0 Å². The highest BCUT2D eigenvalue weighted by Crippen LogP contribution is 2.31. The molecule has 11 nitrogen and oxygen atoms in total. The van der Waals surface area contributed by atoms with Gasteiger partial charge < -0.3 is 20.3 Å². The highest BCUT2D eigenvalue weighted by Gasteiger charge is 2.35. The third kappa shape index (κ3) is 7.63. The van der Waals surface area contributed by atoms with E-state index in [1.54, 1.807) is 38.6 Å². The molecule has 1 fully saturated rings. The summed E-state index contributed by atoms with van der Waals surface area (Å²) in [7, 11) is 1.50. The number of rotatable bonds is 3. The normalized spacial score (nSPS) is 25.7. The number of amides is 3. The molecule has 0 aromatic carbocycles. The third-order valence-electron chi connectivity index (χ3n) is 6.05. The summed E-state index contributed by atoms with van der Waals surface area (Å²) in [6.07, 6.45) is 0.776. The molecule has 1 aromatic rings. The van der Waals surface area contributed by atoms with E-state index < -0.39 is 47.8 Å². The lowest BCUT2D eigenvalue weighted by atomic mass is 9.91. The molecule has 0 bridgehead atoms. The molecule has 0 aliphatic carbocycles. The van der Waals surface area contributed by atoms with Crippen molar-refractivity contribution in [1.29, 1.82) is 0 Å². The Balaban J connectivity index is 2.39. The molecule has 36 heavy (non-hydrogen) atoms. The lowest BCUT2D eigenvalue weighted by Gasteiger charge is -2.32. The zero-order chi connectivity index (χ0) is 27.4. The SMILES string of the molecule is C=C1CC(=O)N[C@@H](C)C(=O)N(C)C(C(C)C)C(=O)NCC(=O)OC(c2cn(CC(C)(C)C)nn2)[C@@H]1C. The van der Waals surface area contributed by atoms with Crippen LogP contribution in [0.15, 0.2) is 18.3 Å².